The van der Waals surface area contributed by atoms with Gasteiger partial charge in [0.1, 0.15) is 6.54 Å². The number of piperazine rings is 1. The molecule has 4 aromatic rings. The molecule has 1 amide bonds. The molecule has 5 nitrogen and oxygen atoms in total. The number of carbonyl (C=O) groups excluding carboxylic acids is 1. The van der Waals surface area contributed by atoms with Crippen LogP contribution < -0.4 is 4.90 Å². The average Bonchev–Trinajstić information content (AvgIpc) is 3.21. The van der Waals surface area contributed by atoms with E-state index in [4.69, 9.17) is 0 Å². The first kappa shape index (κ1) is 22.9. The number of benzene rings is 3. The topological polar surface area (TPSA) is 41.4 Å². The van der Waals surface area contributed by atoms with Gasteiger partial charge >= 0.3 is 0 Å². The third kappa shape index (κ3) is 5.29. The third-order valence-electron chi connectivity index (χ3n) is 6.75. The molecule has 0 saturated carbocycles. The maximum absolute atomic E-state index is 12.9. The highest BCUT2D eigenvalue weighted by atomic mass is 16.2. The Bertz CT molecular complexity index is 1300. The number of rotatable bonds is 6. The lowest BCUT2D eigenvalue weighted by Crippen LogP contribution is -2.49. The Balaban J connectivity index is 1.28. The van der Waals surface area contributed by atoms with Crippen LogP contribution in [0.1, 0.15) is 22.5 Å². The Hall–Kier alpha value is -3.86. The lowest BCUT2D eigenvalue weighted by atomic mass is 9.97. The highest BCUT2D eigenvalue weighted by Crippen LogP contribution is 2.32. The summed E-state index contributed by atoms with van der Waals surface area (Å²) in [7, 11) is 0. The maximum Gasteiger partial charge on any atom is 0.244 e. The van der Waals surface area contributed by atoms with Gasteiger partial charge in [0.05, 0.1) is 5.69 Å². The molecule has 0 aliphatic carbocycles. The summed E-state index contributed by atoms with van der Waals surface area (Å²) in [6, 6.07) is 30.1. The SMILES string of the molecule is Cc1cc(C)n(CC(=O)N2CCN(c3ccccc3-c3cccc(Cc4ccccc4)c3)CC2)n1. The van der Waals surface area contributed by atoms with Crippen molar-refractivity contribution in [3.63, 3.8) is 0 Å². The van der Waals surface area contributed by atoms with Crippen LogP contribution in [-0.2, 0) is 17.8 Å². The number of anilines is 1. The summed E-state index contributed by atoms with van der Waals surface area (Å²) < 4.78 is 1.81. The van der Waals surface area contributed by atoms with Crippen molar-refractivity contribution >= 4 is 11.6 Å². The fraction of sp³-hybridized carbons (Fsp3) is 0.267. The van der Waals surface area contributed by atoms with Gasteiger partial charge in [0.2, 0.25) is 5.91 Å². The van der Waals surface area contributed by atoms with Crippen LogP contribution in [0.5, 0.6) is 0 Å². The lowest BCUT2D eigenvalue weighted by molar-refractivity contribution is -0.132. The van der Waals surface area contributed by atoms with Crippen LogP contribution in [0.4, 0.5) is 5.69 Å². The Kier molecular flexibility index (Phi) is 6.66. The third-order valence-corrected chi connectivity index (χ3v) is 6.75. The fourth-order valence-electron chi connectivity index (χ4n) is 4.93. The lowest BCUT2D eigenvalue weighted by Gasteiger charge is -2.37. The van der Waals surface area contributed by atoms with E-state index in [9.17, 15) is 4.79 Å². The van der Waals surface area contributed by atoms with Crippen LogP contribution in [0.15, 0.2) is 84.9 Å². The largest absolute Gasteiger partial charge is 0.367 e. The van der Waals surface area contributed by atoms with E-state index in [0.717, 1.165) is 44.0 Å². The van der Waals surface area contributed by atoms with Crippen molar-refractivity contribution in [2.75, 3.05) is 31.1 Å². The normalized spacial score (nSPS) is 13.8. The summed E-state index contributed by atoms with van der Waals surface area (Å²) in [4.78, 5) is 17.3. The van der Waals surface area contributed by atoms with Gasteiger partial charge in [-0.3, -0.25) is 9.48 Å². The first-order valence-corrected chi connectivity index (χ1v) is 12.3. The van der Waals surface area contributed by atoms with Crippen molar-refractivity contribution in [3.8, 4) is 11.1 Å². The van der Waals surface area contributed by atoms with Crippen LogP contribution in [0.2, 0.25) is 0 Å². The first-order chi connectivity index (χ1) is 17.1. The predicted molar refractivity (Wildman–Crippen MR) is 142 cm³/mol. The minimum Gasteiger partial charge on any atom is -0.367 e. The van der Waals surface area contributed by atoms with Gasteiger partial charge in [-0.05, 0) is 49.1 Å². The van der Waals surface area contributed by atoms with Gasteiger partial charge in [-0.2, -0.15) is 5.10 Å². The molecule has 5 rings (SSSR count). The Morgan fingerprint density at radius 2 is 1.51 bits per heavy atom. The fourth-order valence-corrected chi connectivity index (χ4v) is 4.93. The summed E-state index contributed by atoms with van der Waals surface area (Å²) in [5, 5.41) is 4.44. The molecule has 0 spiro atoms. The Labute approximate surface area is 207 Å². The monoisotopic (exact) mass is 464 g/mol. The summed E-state index contributed by atoms with van der Waals surface area (Å²) in [5.41, 5.74) is 8.31. The molecule has 3 aromatic carbocycles. The molecule has 178 valence electrons. The summed E-state index contributed by atoms with van der Waals surface area (Å²) in [6.45, 7) is 7.36. The molecule has 2 heterocycles. The molecular weight excluding hydrogens is 432 g/mol. The van der Waals surface area contributed by atoms with Gasteiger partial charge in [0.25, 0.3) is 0 Å². The zero-order chi connectivity index (χ0) is 24.2. The minimum absolute atomic E-state index is 0.137. The quantitative estimate of drug-likeness (QED) is 0.398. The number of aryl methyl sites for hydroxylation is 2. The maximum atomic E-state index is 12.9. The number of hydrogen-bond acceptors (Lipinski definition) is 3. The molecule has 1 fully saturated rings. The van der Waals surface area contributed by atoms with Crippen LogP contribution in [-0.4, -0.2) is 46.8 Å². The molecule has 0 bridgehead atoms. The van der Waals surface area contributed by atoms with E-state index in [1.165, 1.54) is 27.9 Å². The van der Waals surface area contributed by atoms with E-state index in [2.05, 4.69) is 88.9 Å². The smallest absolute Gasteiger partial charge is 0.244 e. The number of para-hydroxylation sites is 1. The number of amides is 1. The molecule has 1 saturated heterocycles. The van der Waals surface area contributed by atoms with Crippen molar-refractivity contribution in [1.29, 1.82) is 0 Å². The van der Waals surface area contributed by atoms with Gasteiger partial charge in [0.15, 0.2) is 0 Å². The number of nitrogens with zero attached hydrogens (tertiary/aromatic N) is 4. The highest BCUT2D eigenvalue weighted by Gasteiger charge is 2.23. The van der Waals surface area contributed by atoms with Gasteiger partial charge in [-0.15, -0.1) is 0 Å². The second-order valence-electron chi connectivity index (χ2n) is 9.33. The van der Waals surface area contributed by atoms with Gasteiger partial charge in [-0.25, -0.2) is 0 Å². The standard InChI is InChI=1S/C30H32N4O/c1-23-19-24(2)34(31-23)22-30(35)33-17-15-32(16-18-33)29-14-7-6-13-28(29)27-12-8-11-26(21-27)20-25-9-4-3-5-10-25/h3-14,19,21H,15-18,20,22H2,1-2H3. The number of carbonyl (C=O) groups is 1. The predicted octanol–water partition coefficient (Wildman–Crippen LogP) is 5.11. The molecule has 1 aliphatic heterocycles. The van der Waals surface area contributed by atoms with Crippen LogP contribution in [0, 0.1) is 13.8 Å². The molecule has 1 aliphatic rings. The number of aromatic nitrogens is 2. The summed E-state index contributed by atoms with van der Waals surface area (Å²) in [6.07, 6.45) is 0.923. The minimum atomic E-state index is 0.137. The summed E-state index contributed by atoms with van der Waals surface area (Å²) in [5.74, 6) is 0.137. The van der Waals surface area contributed by atoms with Gasteiger partial charge in [0, 0.05) is 43.1 Å². The van der Waals surface area contributed by atoms with Crippen LogP contribution in [0.3, 0.4) is 0 Å². The second kappa shape index (κ2) is 10.2. The molecule has 0 unspecified atom stereocenters. The highest BCUT2D eigenvalue weighted by molar-refractivity contribution is 5.80. The van der Waals surface area contributed by atoms with Crippen molar-refractivity contribution in [2.45, 2.75) is 26.8 Å². The van der Waals surface area contributed by atoms with Crippen molar-refractivity contribution in [3.05, 3.63) is 107 Å². The van der Waals surface area contributed by atoms with Crippen LogP contribution >= 0.6 is 0 Å². The first-order valence-electron chi connectivity index (χ1n) is 12.3. The zero-order valence-corrected chi connectivity index (χ0v) is 20.5. The van der Waals surface area contributed by atoms with Crippen molar-refractivity contribution in [2.24, 2.45) is 0 Å². The molecule has 5 heteroatoms. The van der Waals surface area contributed by atoms with Crippen LogP contribution in [0.25, 0.3) is 11.1 Å². The Morgan fingerprint density at radius 1 is 0.800 bits per heavy atom. The second-order valence-corrected chi connectivity index (χ2v) is 9.33. The molecular formula is C30H32N4O. The molecule has 0 atom stereocenters. The van der Waals surface area contributed by atoms with E-state index in [1.54, 1.807) is 0 Å². The summed E-state index contributed by atoms with van der Waals surface area (Å²) >= 11 is 0. The van der Waals surface area contributed by atoms with Crippen molar-refractivity contribution < 1.29 is 4.79 Å². The zero-order valence-electron chi connectivity index (χ0n) is 20.5. The average molecular weight is 465 g/mol. The molecule has 1 aromatic heterocycles. The van der Waals surface area contributed by atoms with E-state index in [1.807, 2.05) is 29.5 Å². The van der Waals surface area contributed by atoms with E-state index in [0.29, 0.717) is 6.54 Å². The molecule has 0 radical (unpaired) electrons. The van der Waals surface area contributed by atoms with E-state index in [-0.39, 0.29) is 5.91 Å². The van der Waals surface area contributed by atoms with Crippen molar-refractivity contribution in [1.82, 2.24) is 14.7 Å². The number of hydrogen-bond donors (Lipinski definition) is 0. The van der Waals surface area contributed by atoms with Gasteiger partial charge < -0.3 is 9.80 Å². The molecule has 35 heavy (non-hydrogen) atoms. The van der Waals surface area contributed by atoms with E-state index < -0.39 is 0 Å². The van der Waals surface area contributed by atoms with E-state index >= 15 is 0 Å². The molecule has 0 N–H and O–H groups in total. The van der Waals surface area contributed by atoms with Gasteiger partial charge in [-0.1, -0.05) is 72.8 Å². The Morgan fingerprint density at radius 3 is 2.26 bits per heavy atom.